The van der Waals surface area contributed by atoms with Crippen molar-refractivity contribution < 1.29 is 8.91 Å². The summed E-state index contributed by atoms with van der Waals surface area (Å²) in [5.74, 6) is 0.880. The Morgan fingerprint density at radius 2 is 2.20 bits per heavy atom. The zero-order chi connectivity index (χ0) is 13.5. The number of halogens is 1. The molecule has 1 N–H and O–H groups in total. The molecule has 0 fully saturated rings. The highest BCUT2D eigenvalue weighted by atomic mass is 32.1. The summed E-state index contributed by atoms with van der Waals surface area (Å²) in [5, 5.41) is 11.2. The minimum absolute atomic E-state index is 0.265. The van der Waals surface area contributed by atoms with Crippen LogP contribution in [-0.2, 0) is 0 Å². The second kappa shape index (κ2) is 4.20. The van der Waals surface area contributed by atoms with Gasteiger partial charge in [-0.15, -0.1) is 11.3 Å². The summed E-state index contributed by atoms with van der Waals surface area (Å²) in [6.45, 7) is 0. The van der Waals surface area contributed by atoms with Gasteiger partial charge in [0, 0.05) is 4.70 Å². The van der Waals surface area contributed by atoms with Crippen molar-refractivity contribution in [2.45, 2.75) is 0 Å². The van der Waals surface area contributed by atoms with Gasteiger partial charge in [-0.05, 0) is 23.6 Å². The van der Waals surface area contributed by atoms with E-state index in [1.54, 1.807) is 6.07 Å². The predicted octanol–water partition coefficient (Wildman–Crippen LogP) is 2.88. The number of aromatic nitrogens is 5. The van der Waals surface area contributed by atoms with E-state index in [0.29, 0.717) is 17.5 Å². The SMILES string of the molecule is Fc1ccc2cc(-c3nc(-c4ncn[nH]4)no3)sc2c1. The highest BCUT2D eigenvalue weighted by Crippen LogP contribution is 2.33. The van der Waals surface area contributed by atoms with E-state index < -0.39 is 0 Å². The maximum atomic E-state index is 13.2. The zero-order valence-electron chi connectivity index (χ0n) is 9.87. The van der Waals surface area contributed by atoms with E-state index in [0.717, 1.165) is 15.0 Å². The molecule has 20 heavy (non-hydrogen) atoms. The lowest BCUT2D eigenvalue weighted by molar-refractivity contribution is 0.433. The predicted molar refractivity (Wildman–Crippen MR) is 70.5 cm³/mol. The van der Waals surface area contributed by atoms with Crippen molar-refractivity contribution in [3.05, 3.63) is 36.4 Å². The summed E-state index contributed by atoms with van der Waals surface area (Å²) < 4.78 is 19.2. The van der Waals surface area contributed by atoms with Gasteiger partial charge in [-0.25, -0.2) is 9.37 Å². The third-order valence-corrected chi connectivity index (χ3v) is 3.83. The summed E-state index contributed by atoms with van der Waals surface area (Å²) in [7, 11) is 0. The van der Waals surface area contributed by atoms with Gasteiger partial charge < -0.3 is 4.52 Å². The Morgan fingerprint density at radius 3 is 3.05 bits per heavy atom. The Morgan fingerprint density at radius 1 is 1.25 bits per heavy atom. The maximum absolute atomic E-state index is 13.2. The van der Waals surface area contributed by atoms with Crippen LogP contribution in [0, 0.1) is 5.82 Å². The number of fused-ring (bicyclic) bond motifs is 1. The standard InChI is InChI=1S/C12H6FN5OS/c13-7-2-1-6-3-9(20-8(6)4-7)12-16-11(18-19-12)10-14-5-15-17-10/h1-5H,(H,14,15,17). The second-order valence-corrected chi connectivity index (χ2v) is 5.13. The molecule has 0 aliphatic heterocycles. The summed E-state index contributed by atoms with van der Waals surface area (Å²) in [6.07, 6.45) is 1.37. The number of nitrogens with one attached hydrogen (secondary N) is 1. The fourth-order valence-electron chi connectivity index (χ4n) is 1.84. The van der Waals surface area contributed by atoms with Crippen LogP contribution in [-0.4, -0.2) is 25.3 Å². The van der Waals surface area contributed by atoms with Crippen LogP contribution in [0.1, 0.15) is 0 Å². The second-order valence-electron chi connectivity index (χ2n) is 4.05. The van der Waals surface area contributed by atoms with Crippen molar-refractivity contribution in [2.75, 3.05) is 0 Å². The van der Waals surface area contributed by atoms with Gasteiger partial charge in [-0.3, -0.25) is 5.10 Å². The van der Waals surface area contributed by atoms with E-state index in [2.05, 4.69) is 25.3 Å². The maximum Gasteiger partial charge on any atom is 0.268 e. The molecule has 0 radical (unpaired) electrons. The molecule has 0 saturated heterocycles. The molecule has 0 atom stereocenters. The van der Waals surface area contributed by atoms with Crippen molar-refractivity contribution in [1.82, 2.24) is 25.3 Å². The summed E-state index contributed by atoms with van der Waals surface area (Å²) in [6, 6.07) is 6.51. The van der Waals surface area contributed by atoms with Crippen LogP contribution in [0.5, 0.6) is 0 Å². The van der Waals surface area contributed by atoms with Gasteiger partial charge in [-0.1, -0.05) is 11.2 Å². The molecule has 6 nitrogen and oxygen atoms in total. The average molecular weight is 287 g/mol. The smallest absolute Gasteiger partial charge is 0.268 e. The summed E-state index contributed by atoms with van der Waals surface area (Å²) >= 11 is 1.39. The van der Waals surface area contributed by atoms with Gasteiger partial charge in [0.05, 0.1) is 4.88 Å². The molecule has 98 valence electrons. The normalized spacial score (nSPS) is 11.2. The molecule has 0 bridgehead atoms. The van der Waals surface area contributed by atoms with Crippen LogP contribution in [0.3, 0.4) is 0 Å². The third-order valence-electron chi connectivity index (χ3n) is 2.75. The fourth-order valence-corrected chi connectivity index (χ4v) is 2.85. The first-order valence-corrected chi connectivity index (χ1v) is 6.50. The Balaban J connectivity index is 1.79. The van der Waals surface area contributed by atoms with Crippen LogP contribution >= 0.6 is 11.3 Å². The number of aromatic amines is 1. The van der Waals surface area contributed by atoms with E-state index in [4.69, 9.17) is 4.52 Å². The Kier molecular flexibility index (Phi) is 2.36. The molecule has 3 heterocycles. The molecule has 0 spiro atoms. The lowest BCUT2D eigenvalue weighted by Crippen LogP contribution is -1.82. The molecule has 0 saturated carbocycles. The third kappa shape index (κ3) is 1.77. The summed E-state index contributed by atoms with van der Waals surface area (Å²) in [5.41, 5.74) is 0. The van der Waals surface area contributed by atoms with Gasteiger partial charge in [0.1, 0.15) is 12.1 Å². The average Bonchev–Trinajstić information content (AvgIpc) is 3.17. The lowest BCUT2D eigenvalue weighted by atomic mass is 10.2. The van der Waals surface area contributed by atoms with E-state index in [1.165, 1.54) is 29.8 Å². The van der Waals surface area contributed by atoms with Crippen molar-refractivity contribution in [3.8, 4) is 22.4 Å². The first-order chi connectivity index (χ1) is 9.79. The summed E-state index contributed by atoms with van der Waals surface area (Å²) in [4.78, 5) is 8.98. The number of thiophene rings is 1. The minimum Gasteiger partial charge on any atom is -0.333 e. The Labute approximate surface area is 115 Å². The molecule has 3 aromatic heterocycles. The molecule has 8 heteroatoms. The van der Waals surface area contributed by atoms with Crippen LogP contribution in [0.25, 0.3) is 32.5 Å². The molecule has 0 unspecified atom stereocenters. The van der Waals surface area contributed by atoms with Crippen molar-refractivity contribution in [3.63, 3.8) is 0 Å². The number of nitrogens with zero attached hydrogens (tertiary/aromatic N) is 4. The highest BCUT2D eigenvalue weighted by Gasteiger charge is 2.15. The molecule has 0 aliphatic carbocycles. The molecular formula is C12H6FN5OS. The number of hydrogen-bond acceptors (Lipinski definition) is 6. The lowest BCUT2D eigenvalue weighted by Gasteiger charge is -1.86. The van der Waals surface area contributed by atoms with Gasteiger partial charge >= 0.3 is 0 Å². The Hall–Kier alpha value is -2.61. The molecule has 0 amide bonds. The number of rotatable bonds is 2. The largest absolute Gasteiger partial charge is 0.333 e. The topological polar surface area (TPSA) is 80.5 Å². The van der Waals surface area contributed by atoms with Gasteiger partial charge in [-0.2, -0.15) is 10.1 Å². The van der Waals surface area contributed by atoms with Gasteiger partial charge in [0.15, 0.2) is 5.82 Å². The van der Waals surface area contributed by atoms with E-state index in [1.807, 2.05) is 6.07 Å². The van der Waals surface area contributed by atoms with Crippen LogP contribution < -0.4 is 0 Å². The molecule has 4 aromatic rings. The van der Waals surface area contributed by atoms with Crippen molar-refractivity contribution in [1.29, 1.82) is 0 Å². The van der Waals surface area contributed by atoms with E-state index in [9.17, 15) is 4.39 Å². The first-order valence-electron chi connectivity index (χ1n) is 5.68. The zero-order valence-corrected chi connectivity index (χ0v) is 10.7. The molecule has 0 aliphatic rings. The Bertz CT molecular complexity index is 882. The molecular weight excluding hydrogens is 281 g/mol. The first kappa shape index (κ1) is 11.2. The van der Waals surface area contributed by atoms with Crippen LogP contribution in [0.15, 0.2) is 35.1 Å². The molecule has 4 rings (SSSR count). The monoisotopic (exact) mass is 287 g/mol. The van der Waals surface area contributed by atoms with Crippen molar-refractivity contribution >= 4 is 21.4 Å². The van der Waals surface area contributed by atoms with Gasteiger partial charge in [0.25, 0.3) is 5.89 Å². The molecule has 1 aromatic carbocycles. The number of H-pyrrole nitrogens is 1. The number of benzene rings is 1. The minimum atomic E-state index is -0.265. The van der Waals surface area contributed by atoms with Crippen LogP contribution in [0.2, 0.25) is 0 Å². The fraction of sp³-hybridized carbons (Fsp3) is 0. The quantitative estimate of drug-likeness (QED) is 0.613. The number of hydrogen-bond donors (Lipinski definition) is 1. The van der Waals surface area contributed by atoms with E-state index in [-0.39, 0.29) is 5.82 Å². The van der Waals surface area contributed by atoms with Gasteiger partial charge in [0.2, 0.25) is 5.82 Å². The van der Waals surface area contributed by atoms with Crippen molar-refractivity contribution in [2.24, 2.45) is 0 Å². The van der Waals surface area contributed by atoms with E-state index >= 15 is 0 Å². The van der Waals surface area contributed by atoms with Crippen LogP contribution in [0.4, 0.5) is 4.39 Å². The highest BCUT2D eigenvalue weighted by molar-refractivity contribution is 7.22.